The molecule has 2 radical (unpaired) electrons. The summed E-state index contributed by atoms with van der Waals surface area (Å²) in [7, 11) is 5.19. The number of rotatable bonds is 0. The van der Waals surface area contributed by atoms with Crippen molar-refractivity contribution in [2.75, 3.05) is 0 Å². The van der Waals surface area contributed by atoms with Crippen LogP contribution in [-0.4, -0.2) is 7.85 Å². The summed E-state index contributed by atoms with van der Waals surface area (Å²) < 4.78 is 6.57. The maximum atomic E-state index is 6.57. The summed E-state index contributed by atoms with van der Waals surface area (Å²) in [5.41, 5.74) is 0. The second kappa shape index (κ2) is 47.9. The van der Waals surface area contributed by atoms with E-state index in [4.69, 9.17) is 9.22 Å². The normalized spacial score (nSPS) is 4.16. The van der Waals surface area contributed by atoms with Gasteiger partial charge in [0.15, 0.2) is 0 Å². The van der Waals surface area contributed by atoms with Crippen LogP contribution in [0.3, 0.4) is 0 Å². The fraction of sp³-hybridized carbons (Fsp3) is 0.0164. The van der Waals surface area contributed by atoms with Gasteiger partial charge in [0.25, 0.3) is 0 Å². The fourth-order valence-electron chi connectivity index (χ4n) is 1.85. The predicted octanol–water partition coefficient (Wildman–Crippen LogP) is 0.305. The van der Waals surface area contributed by atoms with Gasteiger partial charge in [0.1, 0.15) is 1.37 Å². The third kappa shape index (κ3) is 46.9. The van der Waals surface area contributed by atoms with E-state index in [9.17, 15) is 0 Å². The fourth-order valence-corrected chi connectivity index (χ4v) is 1.85. The van der Waals surface area contributed by atoms with Crippen LogP contribution >= 0.6 is 0 Å². The summed E-state index contributed by atoms with van der Waals surface area (Å²) in [4.78, 5) is 0. The zero-order valence-corrected chi connectivity index (χ0v) is 31.3. The third-order valence-electron chi connectivity index (χ3n) is 3.75. The van der Waals surface area contributed by atoms with Crippen molar-refractivity contribution >= 4 is 7.85 Å². The average molecular weight is 748 g/mol. The molecule has 0 nitrogen and oxygen atoms in total. The van der Waals surface area contributed by atoms with E-state index >= 15 is 0 Å². The lowest BCUT2D eigenvalue weighted by Gasteiger charge is -1.60. The second-order valence-electron chi connectivity index (χ2n) is 7.63. The van der Waals surface area contributed by atoms with Crippen molar-refractivity contribution in [2.45, 2.75) is 6.32 Å². The molecule has 0 spiro atoms. The monoisotopic (exact) mass is 747 g/mol. The van der Waals surface area contributed by atoms with Crippen LogP contribution in [0.15, 0.2) is 0 Å². The molecule has 0 atom stereocenters. The highest BCUT2D eigenvalue weighted by atomic mass is 13.6. The zero-order valence-electron chi connectivity index (χ0n) is 32.3. The Morgan fingerprint density at radius 2 is 0.306 bits per heavy atom. The quantitative estimate of drug-likeness (QED) is 0.248. The molecular weight excluding hydrogens is 743 g/mol. The lowest BCUT2D eigenvalue weighted by molar-refractivity contribution is 1.88. The SMILES string of the molecule is [2H]C#CC#CC#CC#CC#CC#CC#CC#CC#CC#CC#CC#CC#CC#CC#CC#CC#CC#CC#CC#CC#CC#CC#CC#CC#CC#CC#CC#CC#CC#CC[B]. The van der Waals surface area contributed by atoms with Gasteiger partial charge in [0.05, 0.1) is 7.85 Å². The highest BCUT2D eigenvalue weighted by Gasteiger charge is 1.63. The van der Waals surface area contributed by atoms with Crippen molar-refractivity contribution < 1.29 is 1.37 Å². The first-order valence-corrected chi connectivity index (χ1v) is 15.5. The molecule has 0 aromatic heterocycles. The van der Waals surface area contributed by atoms with Gasteiger partial charge in [-0.15, -0.1) is 6.40 Å². The lowest BCUT2D eigenvalue weighted by atomic mass is 10.1. The van der Waals surface area contributed by atoms with E-state index in [-0.39, 0.29) is 6.32 Å². The molecule has 0 fully saturated rings. The van der Waals surface area contributed by atoms with Crippen LogP contribution in [0.25, 0.3) is 0 Å². The molecule has 0 aromatic carbocycles. The van der Waals surface area contributed by atoms with Crippen molar-refractivity contribution in [2.24, 2.45) is 0 Å². The average Bonchev–Trinajstić information content (AvgIpc) is 3.29. The van der Waals surface area contributed by atoms with E-state index in [0.29, 0.717) is 0 Å². The van der Waals surface area contributed by atoms with Gasteiger partial charge in [-0.3, -0.25) is 0 Å². The van der Waals surface area contributed by atoms with Gasteiger partial charge in [-0.25, -0.2) is 0 Å². The molecule has 62 heavy (non-hydrogen) atoms. The van der Waals surface area contributed by atoms with Crippen LogP contribution in [0, 0.1) is 356 Å². The summed E-state index contributed by atoms with van der Waals surface area (Å²) in [6.45, 7) is 0. The lowest BCUT2D eigenvalue weighted by Crippen LogP contribution is -1.58. The Labute approximate surface area is 369 Å². The molecule has 0 aliphatic carbocycles. The summed E-state index contributed by atoms with van der Waals surface area (Å²) in [5, 5.41) is 0. The topological polar surface area (TPSA) is 0 Å². The minimum atomic E-state index is 0.245. The Bertz CT molecular complexity index is 3970. The molecule has 0 aromatic rings. The van der Waals surface area contributed by atoms with Crippen molar-refractivity contribution in [3.05, 3.63) is 0 Å². The zero-order chi connectivity index (χ0) is 45.1. The van der Waals surface area contributed by atoms with Crippen molar-refractivity contribution in [3.63, 3.8) is 0 Å². The molecule has 0 heterocycles. The van der Waals surface area contributed by atoms with E-state index in [2.05, 4.69) is 349 Å². The molecular formula is C61H3B. The molecule has 0 saturated heterocycles. The van der Waals surface area contributed by atoms with Crippen LogP contribution < -0.4 is 0 Å². The molecule has 0 unspecified atom stereocenters. The molecule has 0 N–H and O–H groups in total. The largest absolute Gasteiger partial charge is 0.125 e. The molecule has 0 amide bonds. The Morgan fingerprint density at radius 1 is 0.194 bits per heavy atom. The minimum Gasteiger partial charge on any atom is -0.106 e. The molecule has 1 heteroatoms. The van der Waals surface area contributed by atoms with Crippen LogP contribution in [-0.2, 0) is 0 Å². The maximum absolute atomic E-state index is 6.57. The van der Waals surface area contributed by atoms with Gasteiger partial charge >= 0.3 is 0 Å². The molecule has 0 aliphatic heterocycles. The smallest absolute Gasteiger partial charge is 0.106 e. The Morgan fingerprint density at radius 3 is 0.419 bits per heavy atom. The van der Waals surface area contributed by atoms with Crippen molar-refractivity contribution in [1.82, 2.24) is 0 Å². The van der Waals surface area contributed by atoms with Crippen LogP contribution in [0.5, 0.6) is 0 Å². The van der Waals surface area contributed by atoms with Crippen molar-refractivity contribution in [3.8, 4) is 356 Å². The van der Waals surface area contributed by atoms with Crippen LogP contribution in [0.1, 0.15) is 1.37 Å². The Hall–Kier alpha value is -13.1. The van der Waals surface area contributed by atoms with E-state index < -0.39 is 0 Å². The van der Waals surface area contributed by atoms with E-state index in [1.54, 1.807) is 0 Å². The first-order valence-electron chi connectivity index (χ1n) is 16.0. The van der Waals surface area contributed by atoms with Crippen LogP contribution in [0.4, 0.5) is 0 Å². The van der Waals surface area contributed by atoms with E-state index in [1.165, 1.54) is 0 Å². The van der Waals surface area contributed by atoms with E-state index in [0.717, 1.165) is 0 Å². The standard InChI is InChI=1S/C61H3B/c1-2-3-4-5-6-7-8-9-10-11-12-13-14-15-16-17-18-19-20-21-22-23-24-25-26-27-28-29-30-31-32-33-34-35-36-37-38-39-40-41-42-43-44-45-46-47-48-49-50-51-52-53-54-55-56-57-58-59-60-61-62/h1H,61H2/i1D. The second-order valence-corrected chi connectivity index (χ2v) is 7.63. The van der Waals surface area contributed by atoms with Gasteiger partial charge in [-0.05, 0) is 101 Å². The number of hydrogen-bond donors (Lipinski definition) is 0. The van der Waals surface area contributed by atoms with Gasteiger partial charge in [0, 0.05) is 249 Å². The molecule has 0 rings (SSSR count). The first kappa shape index (κ1) is 46.9. The molecule has 0 bridgehead atoms. The van der Waals surface area contributed by atoms with Crippen LogP contribution in [0.2, 0.25) is 6.32 Å². The molecule has 0 saturated carbocycles. The minimum absolute atomic E-state index is 0.245. The summed E-state index contributed by atoms with van der Waals surface area (Å²) in [6, 6.07) is 0. The predicted molar refractivity (Wildman–Crippen MR) is 245 cm³/mol. The number of terminal acetylenes is 1. The molecule has 250 valence electrons. The van der Waals surface area contributed by atoms with Gasteiger partial charge in [-0.1, -0.05) is 5.92 Å². The highest BCUT2D eigenvalue weighted by Crippen LogP contribution is 1.64. The van der Waals surface area contributed by atoms with E-state index in [1.807, 2.05) is 6.40 Å². The highest BCUT2D eigenvalue weighted by molar-refractivity contribution is 6.10. The third-order valence-corrected chi connectivity index (χ3v) is 3.75. The Balaban J connectivity index is 4.59. The van der Waals surface area contributed by atoms with Gasteiger partial charge < -0.3 is 0 Å². The summed E-state index contributed by atoms with van der Waals surface area (Å²) in [5.74, 6) is 147. The van der Waals surface area contributed by atoms with Crippen molar-refractivity contribution in [1.29, 1.82) is 0 Å². The molecule has 0 aliphatic rings. The maximum Gasteiger partial charge on any atom is 0.125 e. The van der Waals surface area contributed by atoms with Gasteiger partial charge in [0.2, 0.25) is 0 Å². The Kier molecular flexibility index (Phi) is 36.2. The summed E-state index contributed by atoms with van der Waals surface area (Å²) in [6.07, 6.45) is 2.12. The number of hydrogen-bond acceptors (Lipinski definition) is 0. The first-order chi connectivity index (χ1) is 31.4. The summed E-state index contributed by atoms with van der Waals surface area (Å²) >= 11 is 0. The van der Waals surface area contributed by atoms with Gasteiger partial charge in [-0.2, -0.15) is 0 Å².